The minimum atomic E-state index is 0.233. The molecule has 4 aliphatic carbocycles. The van der Waals surface area contributed by atoms with Crippen LogP contribution < -0.4 is 10.1 Å². The maximum atomic E-state index is 5.85. The highest BCUT2D eigenvalue weighted by Gasteiger charge is 2.59. The lowest BCUT2D eigenvalue weighted by atomic mass is 9.43. The SMILES string of the molecule is CC(C)Oc1cccc(CNC23CC4CC(C)(CC(C)(C4)C2)C3)c1. The van der Waals surface area contributed by atoms with Gasteiger partial charge in [-0.3, -0.25) is 0 Å². The summed E-state index contributed by atoms with van der Waals surface area (Å²) in [5, 5.41) is 4.02. The molecule has 4 bridgehead atoms. The summed E-state index contributed by atoms with van der Waals surface area (Å²) in [7, 11) is 0. The lowest BCUT2D eigenvalue weighted by Gasteiger charge is -2.65. The van der Waals surface area contributed by atoms with Crippen molar-refractivity contribution in [2.75, 3.05) is 0 Å². The first kappa shape index (κ1) is 16.4. The molecule has 2 atom stereocenters. The highest BCUT2D eigenvalue weighted by atomic mass is 16.5. The third kappa shape index (κ3) is 3.10. The van der Waals surface area contributed by atoms with Gasteiger partial charge in [0.15, 0.2) is 0 Å². The quantitative estimate of drug-likeness (QED) is 0.791. The molecular weight excluding hydrogens is 294 g/mol. The van der Waals surface area contributed by atoms with E-state index in [1.807, 2.05) is 0 Å². The monoisotopic (exact) mass is 327 g/mol. The Kier molecular flexibility index (Phi) is 3.76. The molecule has 132 valence electrons. The van der Waals surface area contributed by atoms with E-state index in [1.54, 1.807) is 0 Å². The third-order valence-electron chi connectivity index (χ3n) is 6.56. The molecule has 2 nitrogen and oxygen atoms in total. The van der Waals surface area contributed by atoms with Crippen LogP contribution in [0.2, 0.25) is 0 Å². The van der Waals surface area contributed by atoms with Crippen molar-refractivity contribution in [1.29, 1.82) is 0 Å². The lowest BCUT2D eigenvalue weighted by Crippen LogP contribution is -2.63. The molecular formula is C22H33NO. The van der Waals surface area contributed by atoms with Gasteiger partial charge in [-0.2, -0.15) is 0 Å². The molecule has 0 amide bonds. The Morgan fingerprint density at radius 3 is 2.42 bits per heavy atom. The molecule has 2 heteroatoms. The number of hydrogen-bond acceptors (Lipinski definition) is 2. The molecule has 0 saturated heterocycles. The van der Waals surface area contributed by atoms with Crippen molar-refractivity contribution in [2.45, 2.75) is 84.4 Å². The first-order valence-corrected chi connectivity index (χ1v) is 9.78. The van der Waals surface area contributed by atoms with Crippen molar-refractivity contribution in [1.82, 2.24) is 5.32 Å². The first-order valence-electron chi connectivity index (χ1n) is 9.78. The maximum Gasteiger partial charge on any atom is 0.120 e. The van der Waals surface area contributed by atoms with Crippen LogP contribution in [0, 0.1) is 16.7 Å². The number of hydrogen-bond donors (Lipinski definition) is 1. The summed E-state index contributed by atoms with van der Waals surface area (Å²) >= 11 is 0. The Balaban J connectivity index is 1.48. The summed E-state index contributed by atoms with van der Waals surface area (Å²) in [4.78, 5) is 0. The molecule has 0 aromatic heterocycles. The number of nitrogens with one attached hydrogen (secondary N) is 1. The molecule has 1 aromatic rings. The van der Waals surface area contributed by atoms with E-state index in [-0.39, 0.29) is 6.10 Å². The molecule has 5 rings (SSSR count). The zero-order valence-corrected chi connectivity index (χ0v) is 15.8. The highest BCUT2D eigenvalue weighted by molar-refractivity contribution is 5.29. The fourth-order valence-corrected chi connectivity index (χ4v) is 6.94. The largest absolute Gasteiger partial charge is 0.491 e. The van der Waals surface area contributed by atoms with Crippen LogP contribution in [0.15, 0.2) is 24.3 Å². The topological polar surface area (TPSA) is 21.3 Å². The van der Waals surface area contributed by atoms with Gasteiger partial charge in [0.25, 0.3) is 0 Å². The van der Waals surface area contributed by atoms with E-state index in [4.69, 9.17) is 4.74 Å². The molecule has 1 N–H and O–H groups in total. The zero-order chi connectivity index (χ0) is 17.0. The van der Waals surface area contributed by atoms with E-state index in [0.717, 1.165) is 18.2 Å². The molecule has 1 aromatic carbocycles. The van der Waals surface area contributed by atoms with Gasteiger partial charge < -0.3 is 10.1 Å². The Morgan fingerprint density at radius 1 is 1.08 bits per heavy atom. The lowest BCUT2D eigenvalue weighted by molar-refractivity contribution is -0.118. The van der Waals surface area contributed by atoms with Gasteiger partial charge >= 0.3 is 0 Å². The fourth-order valence-electron chi connectivity index (χ4n) is 6.94. The van der Waals surface area contributed by atoms with E-state index < -0.39 is 0 Å². The van der Waals surface area contributed by atoms with Gasteiger partial charge in [0.05, 0.1) is 6.10 Å². The molecule has 0 radical (unpaired) electrons. The second kappa shape index (κ2) is 5.49. The van der Waals surface area contributed by atoms with Gasteiger partial charge in [0, 0.05) is 12.1 Å². The van der Waals surface area contributed by atoms with E-state index >= 15 is 0 Å². The molecule has 0 heterocycles. The van der Waals surface area contributed by atoms with Crippen molar-refractivity contribution in [3.8, 4) is 5.75 Å². The van der Waals surface area contributed by atoms with Crippen LogP contribution in [-0.2, 0) is 6.54 Å². The van der Waals surface area contributed by atoms with Crippen LogP contribution in [0.4, 0.5) is 0 Å². The summed E-state index contributed by atoms with van der Waals surface area (Å²) < 4.78 is 5.85. The first-order chi connectivity index (χ1) is 11.3. The summed E-state index contributed by atoms with van der Waals surface area (Å²) in [5.41, 5.74) is 2.87. The second-order valence-corrected chi connectivity index (χ2v) is 10.1. The maximum absolute atomic E-state index is 5.85. The second-order valence-electron chi connectivity index (χ2n) is 10.1. The summed E-state index contributed by atoms with van der Waals surface area (Å²) in [6.07, 6.45) is 8.73. The average molecular weight is 328 g/mol. The van der Waals surface area contributed by atoms with Crippen LogP contribution in [0.3, 0.4) is 0 Å². The smallest absolute Gasteiger partial charge is 0.120 e. The minimum absolute atomic E-state index is 0.233. The van der Waals surface area contributed by atoms with Crippen molar-refractivity contribution in [3.63, 3.8) is 0 Å². The van der Waals surface area contributed by atoms with Crippen LogP contribution in [0.5, 0.6) is 5.75 Å². The van der Waals surface area contributed by atoms with Crippen molar-refractivity contribution in [3.05, 3.63) is 29.8 Å². The Labute approximate surface area is 147 Å². The normalized spacial score (nSPS) is 40.3. The molecule has 4 fully saturated rings. The van der Waals surface area contributed by atoms with Crippen molar-refractivity contribution < 1.29 is 4.74 Å². The predicted molar refractivity (Wildman–Crippen MR) is 99.2 cm³/mol. The highest BCUT2D eigenvalue weighted by Crippen LogP contribution is 2.66. The van der Waals surface area contributed by atoms with Gasteiger partial charge in [-0.15, -0.1) is 0 Å². The summed E-state index contributed by atoms with van der Waals surface area (Å²) in [6.45, 7) is 10.2. The van der Waals surface area contributed by atoms with Gasteiger partial charge in [-0.25, -0.2) is 0 Å². The van der Waals surface area contributed by atoms with E-state index in [0.29, 0.717) is 16.4 Å². The van der Waals surface area contributed by atoms with E-state index in [2.05, 4.69) is 57.3 Å². The Hall–Kier alpha value is -1.02. The average Bonchev–Trinajstić information content (AvgIpc) is 2.41. The van der Waals surface area contributed by atoms with Crippen LogP contribution in [0.25, 0.3) is 0 Å². The molecule has 4 aliphatic rings. The van der Waals surface area contributed by atoms with E-state index in [1.165, 1.54) is 44.1 Å². The fraction of sp³-hybridized carbons (Fsp3) is 0.727. The Bertz CT molecular complexity index is 604. The van der Waals surface area contributed by atoms with Gasteiger partial charge in [-0.1, -0.05) is 26.0 Å². The summed E-state index contributed by atoms with van der Waals surface area (Å²) in [6, 6.07) is 8.62. The molecule has 0 spiro atoms. The molecule has 24 heavy (non-hydrogen) atoms. The molecule has 0 aliphatic heterocycles. The van der Waals surface area contributed by atoms with Crippen LogP contribution in [0.1, 0.15) is 71.8 Å². The van der Waals surface area contributed by atoms with Gasteiger partial charge in [0.2, 0.25) is 0 Å². The minimum Gasteiger partial charge on any atom is -0.491 e. The number of benzene rings is 1. The van der Waals surface area contributed by atoms with Gasteiger partial charge in [0.1, 0.15) is 5.75 Å². The van der Waals surface area contributed by atoms with Crippen LogP contribution >= 0.6 is 0 Å². The standard InChI is InChI=1S/C22H33NO/c1-16(2)24-19-7-5-6-17(8-19)12-23-22-11-18-9-20(3,14-22)13-21(4,10-18)15-22/h5-8,16,18,23H,9-15H2,1-4H3. The molecule has 2 unspecified atom stereocenters. The number of ether oxygens (including phenoxy) is 1. The zero-order valence-electron chi connectivity index (χ0n) is 15.8. The predicted octanol–water partition coefficient (Wildman–Crippen LogP) is 5.31. The Morgan fingerprint density at radius 2 is 1.79 bits per heavy atom. The van der Waals surface area contributed by atoms with Gasteiger partial charge in [-0.05, 0) is 86.8 Å². The van der Waals surface area contributed by atoms with Crippen molar-refractivity contribution in [2.24, 2.45) is 16.7 Å². The summed E-state index contributed by atoms with van der Waals surface area (Å²) in [5.74, 6) is 1.94. The third-order valence-corrected chi connectivity index (χ3v) is 6.56. The van der Waals surface area contributed by atoms with E-state index in [9.17, 15) is 0 Å². The number of rotatable bonds is 5. The molecule has 4 saturated carbocycles. The van der Waals surface area contributed by atoms with Crippen molar-refractivity contribution >= 4 is 0 Å². The van der Waals surface area contributed by atoms with Crippen LogP contribution in [-0.4, -0.2) is 11.6 Å².